The zero-order valence-electron chi connectivity index (χ0n) is 24.9. The molecule has 15 nitrogen and oxygen atoms in total. The fourth-order valence-electron chi connectivity index (χ4n) is 6.16. The fourth-order valence-corrected chi connectivity index (χ4v) is 6.38. The number of aromatic hydroxyl groups is 2. The maximum absolute atomic E-state index is 13.8. The van der Waals surface area contributed by atoms with Crippen molar-refractivity contribution in [2.75, 3.05) is 19.5 Å². The van der Waals surface area contributed by atoms with Crippen LogP contribution in [0, 0.1) is 0 Å². The molecule has 1 aliphatic heterocycles. The molecule has 2 aromatic carbocycles. The molecule has 248 valence electrons. The van der Waals surface area contributed by atoms with Gasteiger partial charge >= 0.3 is 6.09 Å². The Hall–Kier alpha value is -3.93. The van der Waals surface area contributed by atoms with Gasteiger partial charge in [0.05, 0.1) is 42.0 Å². The Morgan fingerprint density at radius 2 is 1.85 bits per heavy atom. The number of hydrogen-bond acceptors (Lipinski definition) is 14. The van der Waals surface area contributed by atoms with Crippen molar-refractivity contribution in [3.8, 4) is 17.2 Å². The third-order valence-electron chi connectivity index (χ3n) is 8.54. The molecule has 0 aromatic heterocycles. The Morgan fingerprint density at radius 1 is 1.15 bits per heavy atom. The number of carbonyl (C=O) groups excluding carboxylic acids is 4. The Kier molecular flexibility index (Phi) is 9.23. The fraction of sp³-hybridized carbons (Fsp3) is 0.467. The van der Waals surface area contributed by atoms with Gasteiger partial charge in [-0.1, -0.05) is 23.2 Å². The van der Waals surface area contributed by atoms with Gasteiger partial charge in [0.15, 0.2) is 17.9 Å². The highest BCUT2D eigenvalue weighted by Gasteiger charge is 2.49. The molecule has 7 atom stereocenters. The number of aliphatic hydroxyl groups excluding tert-OH is 1. The molecule has 16 heteroatoms. The molecule has 1 saturated heterocycles. The number of rotatable bonds is 8. The minimum absolute atomic E-state index is 0.0679. The molecule has 2 aromatic rings. The maximum atomic E-state index is 13.8. The van der Waals surface area contributed by atoms with E-state index in [2.05, 4.69) is 5.32 Å². The van der Waals surface area contributed by atoms with E-state index in [4.69, 9.17) is 18.9 Å². The van der Waals surface area contributed by atoms with E-state index in [0.29, 0.717) is 0 Å². The monoisotopic (exact) mass is 662 g/mol. The molecule has 3 aliphatic rings. The standard InChI is InChI=1S/C30H33NO14S/c1-12-24(33)16(31-29(38)43-7-8-46(40)41)9-19(44-12)45-18-11-30(39,13(2)32)10-15-21(18)28(37)23-22(26(15)35)25(34)14-5-4-6-17(42-3)20(14)27(23)36/h4-6,12,16,18-19,24,33,35,37,39H,7-11H2,1-3H3,(H,31,38)(H,40,41)/p-1. The molecule has 0 saturated carbocycles. The minimum Gasteiger partial charge on any atom is -0.772 e. The highest BCUT2D eigenvalue weighted by atomic mass is 32.2. The first-order valence-electron chi connectivity index (χ1n) is 14.3. The average Bonchev–Trinajstić information content (AvgIpc) is 2.99. The lowest BCUT2D eigenvalue weighted by atomic mass is 9.72. The van der Waals surface area contributed by atoms with Crippen LogP contribution in [0.25, 0.3) is 0 Å². The molecule has 0 radical (unpaired) electrons. The molecule has 1 heterocycles. The van der Waals surface area contributed by atoms with Gasteiger partial charge in [-0.2, -0.15) is 0 Å². The molecule has 7 unspecified atom stereocenters. The van der Waals surface area contributed by atoms with Crippen LogP contribution in [0.2, 0.25) is 0 Å². The zero-order chi connectivity index (χ0) is 33.7. The number of Topliss-reactive ketones (excluding diaryl/α,β-unsaturated/α-hetero) is 1. The normalized spacial score (nSPS) is 27.6. The third-order valence-corrected chi connectivity index (χ3v) is 9.04. The van der Waals surface area contributed by atoms with Gasteiger partial charge in [-0.15, -0.1) is 0 Å². The van der Waals surface area contributed by atoms with Crippen LogP contribution in [0.1, 0.15) is 75.8 Å². The first-order valence-corrected chi connectivity index (χ1v) is 15.5. The van der Waals surface area contributed by atoms with Crippen molar-refractivity contribution in [2.45, 2.75) is 69.4 Å². The van der Waals surface area contributed by atoms with Gasteiger partial charge < -0.3 is 49.2 Å². The Bertz CT molecular complexity index is 1640. The number of phenols is 2. The summed E-state index contributed by atoms with van der Waals surface area (Å²) in [5, 5.41) is 47.5. The van der Waals surface area contributed by atoms with Crippen molar-refractivity contribution < 1.29 is 67.3 Å². The second-order valence-corrected chi connectivity index (χ2v) is 12.4. The molecular weight excluding hydrogens is 630 g/mol. The van der Waals surface area contributed by atoms with Crippen LogP contribution in [-0.4, -0.2) is 102 Å². The largest absolute Gasteiger partial charge is 0.772 e. The highest BCUT2D eigenvalue weighted by Crippen LogP contribution is 2.52. The summed E-state index contributed by atoms with van der Waals surface area (Å²) in [4.78, 5) is 52.3. The van der Waals surface area contributed by atoms with Crippen LogP contribution in [0.15, 0.2) is 18.2 Å². The van der Waals surface area contributed by atoms with Crippen molar-refractivity contribution in [2.24, 2.45) is 0 Å². The number of aliphatic hydroxyl groups is 2. The lowest BCUT2D eigenvalue weighted by molar-refractivity contribution is -0.249. The predicted molar refractivity (Wildman–Crippen MR) is 154 cm³/mol. The van der Waals surface area contributed by atoms with Crippen molar-refractivity contribution in [1.82, 2.24) is 5.32 Å². The molecule has 0 bridgehead atoms. The van der Waals surface area contributed by atoms with Crippen molar-refractivity contribution in [3.63, 3.8) is 0 Å². The van der Waals surface area contributed by atoms with Gasteiger partial charge in [0, 0.05) is 41.7 Å². The van der Waals surface area contributed by atoms with E-state index >= 15 is 0 Å². The molecule has 46 heavy (non-hydrogen) atoms. The molecule has 0 spiro atoms. The van der Waals surface area contributed by atoms with Crippen molar-refractivity contribution >= 4 is 34.5 Å². The topological polar surface area (TPSA) is 238 Å². The van der Waals surface area contributed by atoms with E-state index in [1.165, 1.54) is 32.2 Å². The van der Waals surface area contributed by atoms with E-state index in [0.717, 1.165) is 6.92 Å². The molecule has 5 N–H and O–H groups in total. The van der Waals surface area contributed by atoms with E-state index in [1.54, 1.807) is 0 Å². The number of methoxy groups -OCH3 is 1. The van der Waals surface area contributed by atoms with Gasteiger partial charge in [-0.3, -0.25) is 18.6 Å². The van der Waals surface area contributed by atoms with E-state index in [-0.39, 0.29) is 34.4 Å². The molecule has 5 rings (SSSR count). The minimum atomic E-state index is -2.43. The number of ketones is 3. The van der Waals surface area contributed by atoms with Crippen LogP contribution in [0.3, 0.4) is 0 Å². The number of phenolic OH excluding ortho intramolecular Hbond substituents is 2. The average molecular weight is 663 g/mol. The number of ether oxygens (including phenoxy) is 4. The number of nitrogens with one attached hydrogen (secondary N) is 1. The molecule has 1 fully saturated rings. The third kappa shape index (κ3) is 5.87. The summed E-state index contributed by atoms with van der Waals surface area (Å²) in [7, 11) is 1.30. The second kappa shape index (κ2) is 12.7. The summed E-state index contributed by atoms with van der Waals surface area (Å²) >= 11 is -2.43. The Labute approximate surface area is 264 Å². The van der Waals surface area contributed by atoms with Gasteiger partial charge in [-0.05, 0) is 19.9 Å². The summed E-state index contributed by atoms with van der Waals surface area (Å²) < 4.78 is 43.5. The highest BCUT2D eigenvalue weighted by molar-refractivity contribution is 7.79. The van der Waals surface area contributed by atoms with Crippen molar-refractivity contribution in [3.05, 3.63) is 51.6 Å². The smallest absolute Gasteiger partial charge is 0.407 e. The van der Waals surface area contributed by atoms with Crippen LogP contribution in [0.5, 0.6) is 17.2 Å². The lowest BCUT2D eigenvalue weighted by Crippen LogP contribution is -2.55. The van der Waals surface area contributed by atoms with Crippen LogP contribution < -0.4 is 10.1 Å². The maximum Gasteiger partial charge on any atom is 0.407 e. The predicted octanol–water partition coefficient (Wildman–Crippen LogP) is 0.675. The molecule has 2 aliphatic carbocycles. The second-order valence-electron chi connectivity index (χ2n) is 11.4. The first-order chi connectivity index (χ1) is 21.7. The number of hydrogen-bond donors (Lipinski definition) is 5. The molecule has 1 amide bonds. The van der Waals surface area contributed by atoms with E-state index in [9.17, 15) is 48.4 Å². The summed E-state index contributed by atoms with van der Waals surface area (Å²) in [6.45, 7) is 2.18. The summed E-state index contributed by atoms with van der Waals surface area (Å²) in [5.41, 5.74) is -3.65. The number of benzene rings is 2. The molecular formula is C30H32NO14S-. The van der Waals surface area contributed by atoms with E-state index in [1.807, 2.05) is 0 Å². The summed E-state index contributed by atoms with van der Waals surface area (Å²) in [6, 6.07) is 3.29. The Morgan fingerprint density at radius 3 is 2.50 bits per heavy atom. The van der Waals surface area contributed by atoms with Crippen LogP contribution in [0.4, 0.5) is 4.79 Å². The SMILES string of the molecule is COc1cccc2c1C(=O)c1c(O)c3c(c(O)c1C2=O)CC(O)(C(C)=O)CC3OC1CC(NC(=O)OCCS(=O)[O-])C(O)C(C)O1. The first kappa shape index (κ1) is 33.4. The van der Waals surface area contributed by atoms with Crippen LogP contribution in [-0.2, 0) is 36.5 Å². The van der Waals surface area contributed by atoms with Crippen molar-refractivity contribution in [1.29, 1.82) is 0 Å². The summed E-state index contributed by atoms with van der Waals surface area (Å²) in [5.74, 6) is -4.07. The number of alkyl carbamates (subject to hydrolysis) is 1. The summed E-state index contributed by atoms with van der Waals surface area (Å²) in [6.07, 6.45) is -7.03. The quantitative estimate of drug-likeness (QED) is 0.165. The lowest BCUT2D eigenvalue weighted by Gasteiger charge is -2.42. The number of amides is 1. The number of fused-ring (bicyclic) bond motifs is 3. The van der Waals surface area contributed by atoms with E-state index < -0.39 is 119 Å². The van der Waals surface area contributed by atoms with Gasteiger partial charge in [0.25, 0.3) is 0 Å². The van der Waals surface area contributed by atoms with Crippen LogP contribution >= 0.6 is 0 Å². The number of carbonyl (C=O) groups is 4. The Balaban J connectivity index is 1.52. The van der Waals surface area contributed by atoms with Gasteiger partial charge in [0.2, 0.25) is 5.78 Å². The zero-order valence-corrected chi connectivity index (χ0v) is 25.8. The van der Waals surface area contributed by atoms with Gasteiger partial charge in [0.1, 0.15) is 35.6 Å². The van der Waals surface area contributed by atoms with Gasteiger partial charge in [-0.25, -0.2) is 4.79 Å².